The Morgan fingerprint density at radius 2 is 1.57 bits per heavy atom. The number of ether oxygens (including phenoxy) is 3. The minimum atomic E-state index is -0.692. The smallest absolute Gasteiger partial charge is 0.355 e. The molecule has 1 aliphatic heterocycles. The molecule has 1 heterocycles. The van der Waals surface area contributed by atoms with Crippen molar-refractivity contribution >= 4 is 23.6 Å². The number of carbonyl (C=O) groups excluding carboxylic acids is 3. The Morgan fingerprint density at radius 1 is 0.867 bits per heavy atom. The van der Waals surface area contributed by atoms with Crippen molar-refractivity contribution in [3.63, 3.8) is 0 Å². The number of hydrogen-bond donors (Lipinski definition) is 0. The van der Waals surface area contributed by atoms with Crippen LogP contribution in [0.2, 0.25) is 0 Å². The first-order valence-electron chi connectivity index (χ1n) is 9.85. The highest BCUT2D eigenvalue weighted by Gasteiger charge is 2.27. The van der Waals surface area contributed by atoms with Gasteiger partial charge in [0.25, 0.3) is 0 Å². The maximum Gasteiger partial charge on any atom is 0.355 e. The molecule has 0 N–H and O–H groups in total. The molecule has 0 aliphatic carbocycles. The molecule has 1 aromatic rings. The van der Waals surface area contributed by atoms with Crippen molar-refractivity contribution in [3.05, 3.63) is 65.5 Å². The van der Waals surface area contributed by atoms with Crippen molar-refractivity contribution in [1.29, 1.82) is 0 Å². The lowest BCUT2D eigenvalue weighted by Crippen LogP contribution is -2.27. The second kappa shape index (κ2) is 11.6. The van der Waals surface area contributed by atoms with Crippen molar-refractivity contribution in [2.24, 2.45) is 0 Å². The Hall–Kier alpha value is -3.35. The molecule has 0 amide bonds. The van der Waals surface area contributed by atoms with Crippen LogP contribution in [0.3, 0.4) is 0 Å². The van der Waals surface area contributed by atoms with E-state index in [1.165, 1.54) is 25.2 Å². The van der Waals surface area contributed by atoms with Crippen molar-refractivity contribution < 1.29 is 28.6 Å². The molecule has 1 aliphatic rings. The SMILES string of the molecule is CCCCCCOC(=O)c1ccc(N2C=CC=CC(C(=O)OC)=C2C(=O)OC)cc1. The number of allylic oxidation sites excluding steroid dienone is 2. The van der Waals surface area contributed by atoms with Crippen molar-refractivity contribution in [2.45, 2.75) is 32.6 Å². The largest absolute Gasteiger partial charge is 0.465 e. The molecule has 0 bridgehead atoms. The van der Waals surface area contributed by atoms with E-state index in [1.807, 2.05) is 0 Å². The molecule has 0 fully saturated rings. The highest BCUT2D eigenvalue weighted by Crippen LogP contribution is 2.26. The average Bonchev–Trinajstić information content (AvgIpc) is 3.01. The van der Waals surface area contributed by atoms with Crippen LogP contribution in [0.4, 0.5) is 5.69 Å². The van der Waals surface area contributed by atoms with Crippen LogP contribution >= 0.6 is 0 Å². The molecule has 0 saturated carbocycles. The van der Waals surface area contributed by atoms with E-state index in [2.05, 4.69) is 6.92 Å². The third kappa shape index (κ3) is 5.83. The Kier molecular flexibility index (Phi) is 8.87. The second-order valence-electron chi connectivity index (χ2n) is 6.56. The van der Waals surface area contributed by atoms with Gasteiger partial charge in [0.1, 0.15) is 5.70 Å². The standard InChI is InChI=1S/C23H27NO6/c1-4-5-6-9-16-30-21(25)17-11-13-18(14-12-17)24-15-8-7-10-19(22(26)28-2)20(24)23(27)29-3/h7-8,10-15H,4-6,9,16H2,1-3H3. The number of esters is 3. The summed E-state index contributed by atoms with van der Waals surface area (Å²) >= 11 is 0. The molecule has 160 valence electrons. The summed E-state index contributed by atoms with van der Waals surface area (Å²) in [6.45, 7) is 2.51. The van der Waals surface area contributed by atoms with Crippen molar-refractivity contribution in [1.82, 2.24) is 0 Å². The Balaban J connectivity index is 2.23. The minimum absolute atomic E-state index is 0.0144. The predicted octanol–water partition coefficient (Wildman–Crippen LogP) is 3.91. The van der Waals surface area contributed by atoms with Gasteiger partial charge in [0.15, 0.2) is 0 Å². The number of carbonyl (C=O) groups is 3. The van der Waals surface area contributed by atoms with Gasteiger partial charge < -0.3 is 19.1 Å². The zero-order valence-corrected chi connectivity index (χ0v) is 17.6. The van der Waals surface area contributed by atoms with E-state index in [4.69, 9.17) is 14.2 Å². The van der Waals surface area contributed by atoms with Crippen LogP contribution in [-0.4, -0.2) is 38.7 Å². The second-order valence-corrected chi connectivity index (χ2v) is 6.56. The van der Waals surface area contributed by atoms with E-state index in [1.54, 1.807) is 42.6 Å². The molecule has 0 unspecified atom stereocenters. The zero-order valence-electron chi connectivity index (χ0n) is 17.6. The molecule has 30 heavy (non-hydrogen) atoms. The van der Waals surface area contributed by atoms with Gasteiger partial charge in [-0.3, -0.25) is 0 Å². The number of hydrogen-bond acceptors (Lipinski definition) is 7. The molecule has 0 aromatic heterocycles. The fourth-order valence-electron chi connectivity index (χ4n) is 2.90. The molecule has 7 heteroatoms. The summed E-state index contributed by atoms with van der Waals surface area (Å²) in [5.74, 6) is -1.75. The summed E-state index contributed by atoms with van der Waals surface area (Å²) in [7, 11) is 2.48. The molecule has 0 saturated heterocycles. The van der Waals surface area contributed by atoms with Crippen LogP contribution in [0.1, 0.15) is 43.0 Å². The lowest BCUT2D eigenvalue weighted by molar-refractivity contribution is -0.139. The number of anilines is 1. The number of nitrogens with zero attached hydrogens (tertiary/aromatic N) is 1. The first-order valence-corrected chi connectivity index (χ1v) is 9.85. The van der Waals surface area contributed by atoms with Crippen molar-refractivity contribution in [3.8, 4) is 0 Å². The maximum absolute atomic E-state index is 12.4. The summed E-state index contributed by atoms with van der Waals surface area (Å²) < 4.78 is 15.0. The van der Waals surface area contributed by atoms with Crippen molar-refractivity contribution in [2.75, 3.05) is 25.7 Å². The van der Waals surface area contributed by atoms with Crippen LogP contribution in [0.15, 0.2) is 60.0 Å². The quantitative estimate of drug-likeness (QED) is 0.345. The molecule has 0 atom stereocenters. The lowest BCUT2D eigenvalue weighted by atomic mass is 10.1. The predicted molar refractivity (Wildman–Crippen MR) is 113 cm³/mol. The summed E-state index contributed by atoms with van der Waals surface area (Å²) in [5.41, 5.74) is 1.05. The zero-order chi connectivity index (χ0) is 21.9. The molecular weight excluding hydrogens is 386 g/mol. The van der Waals surface area contributed by atoms with Crippen LogP contribution in [-0.2, 0) is 23.8 Å². The van der Waals surface area contributed by atoms with Gasteiger partial charge in [-0.05, 0) is 42.8 Å². The van der Waals surface area contributed by atoms with E-state index in [-0.39, 0.29) is 11.3 Å². The van der Waals surface area contributed by atoms with E-state index in [0.717, 1.165) is 25.7 Å². The maximum atomic E-state index is 12.4. The van der Waals surface area contributed by atoms with Gasteiger partial charge in [-0.2, -0.15) is 0 Å². The molecule has 7 nitrogen and oxygen atoms in total. The molecule has 2 rings (SSSR count). The fraction of sp³-hybridized carbons (Fsp3) is 0.348. The molecule has 1 aromatic carbocycles. The van der Waals surface area contributed by atoms with Crippen LogP contribution < -0.4 is 4.90 Å². The highest BCUT2D eigenvalue weighted by molar-refractivity contribution is 6.05. The Labute approximate surface area is 176 Å². The monoisotopic (exact) mass is 413 g/mol. The summed E-state index contributed by atoms with van der Waals surface area (Å²) in [6.07, 6.45) is 10.5. The molecular formula is C23H27NO6. The number of methoxy groups -OCH3 is 2. The first-order chi connectivity index (χ1) is 14.5. The summed E-state index contributed by atoms with van der Waals surface area (Å²) in [6, 6.07) is 6.56. The van der Waals surface area contributed by atoms with Crippen LogP contribution in [0.25, 0.3) is 0 Å². The summed E-state index contributed by atoms with van der Waals surface area (Å²) in [4.78, 5) is 38.3. The van der Waals surface area contributed by atoms with E-state index >= 15 is 0 Å². The highest BCUT2D eigenvalue weighted by atomic mass is 16.5. The third-order valence-electron chi connectivity index (χ3n) is 4.50. The van der Waals surface area contributed by atoms with Gasteiger partial charge in [-0.1, -0.05) is 32.3 Å². The lowest BCUT2D eigenvalue weighted by Gasteiger charge is -2.23. The van der Waals surface area contributed by atoms with Gasteiger partial charge in [0.2, 0.25) is 0 Å². The number of benzene rings is 1. The van der Waals surface area contributed by atoms with E-state index < -0.39 is 17.9 Å². The van der Waals surface area contributed by atoms with E-state index in [0.29, 0.717) is 17.9 Å². The summed E-state index contributed by atoms with van der Waals surface area (Å²) in [5, 5.41) is 0. The Bertz CT molecular complexity index is 851. The molecule has 0 spiro atoms. The van der Waals surface area contributed by atoms with Crippen LogP contribution in [0.5, 0.6) is 0 Å². The van der Waals surface area contributed by atoms with Gasteiger partial charge in [0.05, 0.1) is 32.0 Å². The number of rotatable bonds is 9. The van der Waals surface area contributed by atoms with E-state index in [9.17, 15) is 14.4 Å². The topological polar surface area (TPSA) is 82.1 Å². The van der Waals surface area contributed by atoms with Gasteiger partial charge in [-0.15, -0.1) is 0 Å². The molecule has 0 radical (unpaired) electrons. The first kappa shape index (κ1) is 22.9. The number of unbranched alkanes of at least 4 members (excludes halogenated alkanes) is 3. The average molecular weight is 413 g/mol. The van der Waals surface area contributed by atoms with Crippen LogP contribution in [0, 0.1) is 0 Å². The minimum Gasteiger partial charge on any atom is -0.465 e. The normalized spacial score (nSPS) is 13.1. The van der Waals surface area contributed by atoms with Gasteiger partial charge in [0, 0.05) is 11.9 Å². The third-order valence-corrected chi connectivity index (χ3v) is 4.50. The fourth-order valence-corrected chi connectivity index (χ4v) is 2.90. The Morgan fingerprint density at radius 3 is 2.20 bits per heavy atom. The van der Waals surface area contributed by atoms with Gasteiger partial charge in [-0.25, -0.2) is 14.4 Å². The van der Waals surface area contributed by atoms with Gasteiger partial charge >= 0.3 is 17.9 Å².